The van der Waals surface area contributed by atoms with Crippen molar-refractivity contribution in [3.63, 3.8) is 0 Å². The van der Waals surface area contributed by atoms with Gasteiger partial charge in [0.15, 0.2) is 5.11 Å². The molecule has 7 nitrogen and oxygen atoms in total. The number of hydrogen-bond donors (Lipinski definition) is 3. The minimum absolute atomic E-state index is 0.0299. The third-order valence-corrected chi connectivity index (χ3v) is 5.50. The zero-order valence-corrected chi connectivity index (χ0v) is 20.7. The first kappa shape index (κ1) is 26.6. The van der Waals surface area contributed by atoms with E-state index in [1.807, 2.05) is 72.8 Å². The Morgan fingerprint density at radius 3 is 2.06 bits per heavy atom. The quantitative estimate of drug-likeness (QED) is 0.165. The molecule has 0 aliphatic rings. The predicted octanol–water partition coefficient (Wildman–Crippen LogP) is 4.34. The summed E-state index contributed by atoms with van der Waals surface area (Å²) in [5, 5.41) is 2.45. The molecule has 3 N–H and O–H groups in total. The number of amides is 2. The zero-order valence-electron chi connectivity index (χ0n) is 19.9. The van der Waals surface area contributed by atoms with Gasteiger partial charge in [-0.25, -0.2) is 0 Å². The lowest BCUT2D eigenvalue weighted by molar-refractivity contribution is -0.143. The van der Waals surface area contributed by atoms with Crippen molar-refractivity contribution in [2.45, 2.75) is 32.1 Å². The molecular weight excluding hydrogens is 474 g/mol. The van der Waals surface area contributed by atoms with Crippen LogP contribution in [0, 0.1) is 0 Å². The molecule has 0 aromatic heterocycles. The maximum atomic E-state index is 12.3. The molecule has 0 saturated heterocycles. The van der Waals surface area contributed by atoms with E-state index in [1.165, 1.54) is 5.56 Å². The number of thiocarbonyl (C=S) groups is 1. The van der Waals surface area contributed by atoms with Crippen LogP contribution in [0.15, 0.2) is 84.9 Å². The van der Waals surface area contributed by atoms with Crippen molar-refractivity contribution in [2.24, 2.45) is 0 Å². The first-order valence-corrected chi connectivity index (χ1v) is 12.2. The fraction of sp³-hybridized carbons (Fsp3) is 0.214. The standard InChI is InChI=1S/C28H29N3O4S/c32-25(14-7-15-26(33)35-20-8-11-21-9-3-1-4-10-21)29-28(36)31-30-27(34)24-18-16-23(17-19-24)22-12-5-2-6-13-22/h1-6,9-10,12-13,16-19H,7-8,11,14-15,20H2,(H,30,34)(H2,29,31,32,36). The Morgan fingerprint density at radius 1 is 0.722 bits per heavy atom. The monoisotopic (exact) mass is 503 g/mol. The Bertz CT molecular complexity index is 1150. The molecule has 36 heavy (non-hydrogen) atoms. The van der Waals surface area contributed by atoms with E-state index in [2.05, 4.69) is 16.2 Å². The number of aryl methyl sites for hydroxylation is 1. The van der Waals surface area contributed by atoms with Crippen LogP contribution in [0.4, 0.5) is 0 Å². The van der Waals surface area contributed by atoms with Crippen LogP contribution in [-0.4, -0.2) is 29.5 Å². The summed E-state index contributed by atoms with van der Waals surface area (Å²) in [6, 6.07) is 27.0. The molecule has 3 rings (SSSR count). The van der Waals surface area contributed by atoms with Gasteiger partial charge < -0.3 is 10.1 Å². The van der Waals surface area contributed by atoms with Crippen LogP contribution >= 0.6 is 12.2 Å². The summed E-state index contributed by atoms with van der Waals surface area (Å²) in [4.78, 5) is 36.2. The van der Waals surface area contributed by atoms with Gasteiger partial charge in [0, 0.05) is 18.4 Å². The van der Waals surface area contributed by atoms with Crippen LogP contribution in [0.25, 0.3) is 11.1 Å². The van der Waals surface area contributed by atoms with Crippen molar-refractivity contribution < 1.29 is 19.1 Å². The minimum atomic E-state index is -0.388. The van der Waals surface area contributed by atoms with Crippen molar-refractivity contribution in [3.05, 3.63) is 96.1 Å². The van der Waals surface area contributed by atoms with Gasteiger partial charge in [-0.05, 0) is 60.3 Å². The molecule has 0 atom stereocenters. The van der Waals surface area contributed by atoms with Gasteiger partial charge in [0.05, 0.1) is 6.61 Å². The molecule has 3 aromatic carbocycles. The van der Waals surface area contributed by atoms with Crippen LogP contribution < -0.4 is 16.2 Å². The molecular formula is C28H29N3O4S. The van der Waals surface area contributed by atoms with Gasteiger partial charge in [0.1, 0.15) is 0 Å². The number of carbonyl (C=O) groups excluding carboxylic acids is 3. The van der Waals surface area contributed by atoms with Gasteiger partial charge in [-0.2, -0.15) is 0 Å². The fourth-order valence-electron chi connectivity index (χ4n) is 3.42. The van der Waals surface area contributed by atoms with Crippen LogP contribution in [-0.2, 0) is 20.7 Å². The summed E-state index contributed by atoms with van der Waals surface area (Å²) < 4.78 is 5.21. The van der Waals surface area contributed by atoms with Crippen LogP contribution in [0.1, 0.15) is 41.6 Å². The number of nitrogens with one attached hydrogen (secondary N) is 3. The smallest absolute Gasteiger partial charge is 0.305 e. The summed E-state index contributed by atoms with van der Waals surface area (Å²) in [6.45, 7) is 0.350. The van der Waals surface area contributed by atoms with Gasteiger partial charge in [-0.3, -0.25) is 25.2 Å². The normalized spacial score (nSPS) is 10.2. The highest BCUT2D eigenvalue weighted by Gasteiger charge is 2.10. The van der Waals surface area contributed by atoms with E-state index in [0.29, 0.717) is 18.6 Å². The van der Waals surface area contributed by atoms with Crippen molar-refractivity contribution >= 4 is 35.1 Å². The average Bonchev–Trinajstić information content (AvgIpc) is 2.91. The molecule has 0 spiro atoms. The van der Waals surface area contributed by atoms with E-state index in [0.717, 1.165) is 24.0 Å². The lowest BCUT2D eigenvalue weighted by atomic mass is 10.0. The summed E-state index contributed by atoms with van der Waals surface area (Å²) in [5.74, 6) is -1.07. The Balaban J connectivity index is 1.27. The molecule has 0 unspecified atom stereocenters. The molecule has 8 heteroatoms. The second-order valence-corrected chi connectivity index (χ2v) is 8.47. The van der Waals surface area contributed by atoms with E-state index in [-0.39, 0.29) is 35.7 Å². The second kappa shape index (κ2) is 14.4. The van der Waals surface area contributed by atoms with E-state index in [9.17, 15) is 14.4 Å². The molecule has 0 saturated carbocycles. The zero-order chi connectivity index (χ0) is 25.6. The molecule has 0 bridgehead atoms. The molecule has 0 fully saturated rings. The number of hydrazine groups is 1. The van der Waals surface area contributed by atoms with Crippen LogP contribution in [0.3, 0.4) is 0 Å². The van der Waals surface area contributed by atoms with Crippen LogP contribution in [0.5, 0.6) is 0 Å². The molecule has 0 heterocycles. The highest BCUT2D eigenvalue weighted by Crippen LogP contribution is 2.19. The van der Waals surface area contributed by atoms with Crippen molar-refractivity contribution in [1.82, 2.24) is 16.2 Å². The molecule has 186 valence electrons. The summed E-state index contributed by atoms with van der Waals surface area (Å²) >= 11 is 5.05. The number of esters is 1. The summed E-state index contributed by atoms with van der Waals surface area (Å²) in [6.07, 6.45) is 2.19. The average molecular weight is 504 g/mol. The van der Waals surface area contributed by atoms with E-state index in [4.69, 9.17) is 17.0 Å². The highest BCUT2D eigenvalue weighted by molar-refractivity contribution is 7.80. The Kier molecular flexibility index (Phi) is 10.6. The van der Waals surface area contributed by atoms with Crippen molar-refractivity contribution in [2.75, 3.05) is 6.61 Å². The summed E-state index contributed by atoms with van der Waals surface area (Å²) in [5.41, 5.74) is 8.67. The number of rotatable bonds is 10. The van der Waals surface area contributed by atoms with Crippen molar-refractivity contribution in [1.29, 1.82) is 0 Å². The molecule has 2 amide bonds. The van der Waals surface area contributed by atoms with Crippen LogP contribution in [0.2, 0.25) is 0 Å². The Hall–Kier alpha value is -4.04. The van der Waals surface area contributed by atoms with Gasteiger partial charge in [-0.1, -0.05) is 72.8 Å². The summed E-state index contributed by atoms with van der Waals surface area (Å²) in [7, 11) is 0. The maximum absolute atomic E-state index is 12.3. The minimum Gasteiger partial charge on any atom is -0.466 e. The molecule has 0 aliphatic carbocycles. The molecule has 0 radical (unpaired) electrons. The van der Waals surface area contributed by atoms with E-state index in [1.54, 1.807) is 12.1 Å². The number of hydrogen-bond acceptors (Lipinski definition) is 5. The van der Waals surface area contributed by atoms with E-state index >= 15 is 0 Å². The van der Waals surface area contributed by atoms with Gasteiger partial charge in [0.25, 0.3) is 5.91 Å². The molecule has 3 aromatic rings. The fourth-order valence-corrected chi connectivity index (χ4v) is 3.59. The Labute approximate surface area is 216 Å². The largest absolute Gasteiger partial charge is 0.466 e. The number of carbonyl (C=O) groups is 3. The topological polar surface area (TPSA) is 96.5 Å². The SMILES string of the molecule is O=C(CCCC(=O)OCCCc1ccccc1)NC(=S)NNC(=O)c1ccc(-c2ccccc2)cc1. The maximum Gasteiger partial charge on any atom is 0.305 e. The van der Waals surface area contributed by atoms with E-state index < -0.39 is 0 Å². The first-order chi connectivity index (χ1) is 17.5. The van der Waals surface area contributed by atoms with Gasteiger partial charge in [0.2, 0.25) is 5.91 Å². The predicted molar refractivity (Wildman–Crippen MR) is 143 cm³/mol. The number of benzene rings is 3. The van der Waals surface area contributed by atoms with Gasteiger partial charge >= 0.3 is 5.97 Å². The molecule has 0 aliphatic heterocycles. The third-order valence-electron chi connectivity index (χ3n) is 5.30. The lowest BCUT2D eigenvalue weighted by Crippen LogP contribution is -2.48. The highest BCUT2D eigenvalue weighted by atomic mass is 32.1. The number of ether oxygens (including phenoxy) is 1. The van der Waals surface area contributed by atoms with Gasteiger partial charge in [-0.15, -0.1) is 0 Å². The third kappa shape index (κ3) is 9.31. The Morgan fingerprint density at radius 2 is 1.36 bits per heavy atom. The first-order valence-electron chi connectivity index (χ1n) is 11.8. The second-order valence-electron chi connectivity index (χ2n) is 8.06. The van der Waals surface area contributed by atoms with Crippen molar-refractivity contribution in [3.8, 4) is 11.1 Å². The lowest BCUT2D eigenvalue weighted by Gasteiger charge is -2.11.